The molecular weight excluding hydrogens is 400 g/mol. The van der Waals surface area contributed by atoms with E-state index in [4.69, 9.17) is 0 Å². The topological polar surface area (TPSA) is 75.5 Å². The van der Waals surface area contributed by atoms with Gasteiger partial charge in [0.15, 0.2) is 0 Å². The van der Waals surface area contributed by atoms with Crippen LogP contribution in [0.3, 0.4) is 0 Å². The molecule has 0 saturated carbocycles. The number of sulfonamides is 1. The molecule has 2 heterocycles. The fraction of sp³-hybridized carbons (Fsp3) is 0.545. The predicted molar refractivity (Wildman–Crippen MR) is 117 cm³/mol. The summed E-state index contributed by atoms with van der Waals surface area (Å²) in [6.07, 6.45) is 3.33. The van der Waals surface area contributed by atoms with Gasteiger partial charge in [-0.15, -0.1) is 0 Å². The van der Waals surface area contributed by atoms with Gasteiger partial charge in [-0.2, -0.15) is 9.40 Å². The van der Waals surface area contributed by atoms with Gasteiger partial charge in [0.25, 0.3) is 5.91 Å². The molecule has 0 bridgehead atoms. The van der Waals surface area contributed by atoms with Crippen molar-refractivity contribution >= 4 is 15.9 Å². The number of nitrogens with zero attached hydrogens (tertiary/aromatic N) is 4. The number of amides is 1. The molecule has 2 aromatic rings. The van der Waals surface area contributed by atoms with E-state index in [9.17, 15) is 13.2 Å². The summed E-state index contributed by atoms with van der Waals surface area (Å²) in [5, 5.41) is 4.28. The number of hydrogen-bond acceptors (Lipinski definition) is 4. The molecule has 1 saturated heterocycles. The number of hydrogen-bond donors (Lipinski definition) is 0. The van der Waals surface area contributed by atoms with Gasteiger partial charge in [0, 0.05) is 32.4 Å². The van der Waals surface area contributed by atoms with Gasteiger partial charge in [0.1, 0.15) is 0 Å². The van der Waals surface area contributed by atoms with E-state index in [0.717, 1.165) is 5.56 Å². The van der Waals surface area contributed by atoms with Crippen LogP contribution in [0.2, 0.25) is 0 Å². The summed E-state index contributed by atoms with van der Waals surface area (Å²) in [5.74, 6) is -0.114. The molecule has 1 fully saturated rings. The average molecular weight is 433 g/mol. The van der Waals surface area contributed by atoms with E-state index in [0.29, 0.717) is 23.5 Å². The Kier molecular flexibility index (Phi) is 5.86. The molecule has 1 aromatic heterocycles. The molecule has 1 aliphatic heterocycles. The van der Waals surface area contributed by atoms with E-state index in [-0.39, 0.29) is 30.0 Å². The molecule has 1 amide bonds. The predicted octanol–water partition coefficient (Wildman–Crippen LogP) is 3.08. The molecule has 0 aliphatic carbocycles. The Morgan fingerprint density at radius 2 is 1.50 bits per heavy atom. The zero-order valence-corrected chi connectivity index (χ0v) is 19.5. The third-order valence-corrected chi connectivity index (χ3v) is 7.31. The second-order valence-corrected chi connectivity index (χ2v) is 11.8. The third-order valence-electron chi connectivity index (χ3n) is 5.40. The van der Waals surface area contributed by atoms with E-state index >= 15 is 0 Å². The standard InChI is InChI=1S/C22H32N4O3S/c1-21(2,3)18-7-9-19(10-8-18)30(28,29)25-13-11-24(12-14-25)20(27)17-15-23-26(16-17)22(4,5)6/h7-10,15-16H,11-14H2,1-6H3. The van der Waals surface area contributed by atoms with Crippen molar-refractivity contribution in [2.45, 2.75) is 57.4 Å². The van der Waals surface area contributed by atoms with Gasteiger partial charge >= 0.3 is 0 Å². The summed E-state index contributed by atoms with van der Waals surface area (Å²) < 4.78 is 29.3. The summed E-state index contributed by atoms with van der Waals surface area (Å²) in [5.41, 5.74) is 1.38. The molecule has 1 aromatic carbocycles. The van der Waals surface area contributed by atoms with E-state index in [1.54, 1.807) is 34.1 Å². The van der Waals surface area contributed by atoms with Crippen LogP contribution in [0, 0.1) is 0 Å². The molecule has 0 radical (unpaired) electrons. The number of benzene rings is 1. The van der Waals surface area contributed by atoms with Gasteiger partial charge in [-0.1, -0.05) is 32.9 Å². The van der Waals surface area contributed by atoms with Crippen molar-refractivity contribution in [3.63, 3.8) is 0 Å². The quantitative estimate of drug-likeness (QED) is 0.747. The van der Waals surface area contributed by atoms with Crippen molar-refractivity contribution in [2.24, 2.45) is 0 Å². The minimum atomic E-state index is -3.57. The zero-order valence-electron chi connectivity index (χ0n) is 18.7. The van der Waals surface area contributed by atoms with Crippen LogP contribution in [-0.2, 0) is 21.0 Å². The first kappa shape index (κ1) is 22.5. The van der Waals surface area contributed by atoms with Gasteiger partial charge in [-0.05, 0) is 43.9 Å². The second kappa shape index (κ2) is 7.81. The van der Waals surface area contributed by atoms with Crippen LogP contribution in [0.15, 0.2) is 41.6 Å². The summed E-state index contributed by atoms with van der Waals surface area (Å²) >= 11 is 0. The minimum Gasteiger partial charge on any atom is -0.336 e. The maximum Gasteiger partial charge on any atom is 0.257 e. The number of piperazine rings is 1. The van der Waals surface area contributed by atoms with Gasteiger partial charge in [-0.25, -0.2) is 8.42 Å². The van der Waals surface area contributed by atoms with Crippen molar-refractivity contribution in [3.05, 3.63) is 47.8 Å². The monoisotopic (exact) mass is 432 g/mol. The van der Waals surface area contributed by atoms with Crippen molar-refractivity contribution < 1.29 is 13.2 Å². The third kappa shape index (κ3) is 4.59. The molecule has 7 nitrogen and oxygen atoms in total. The SMILES string of the molecule is CC(C)(C)c1ccc(S(=O)(=O)N2CCN(C(=O)c3cnn(C(C)(C)C)c3)CC2)cc1. The lowest BCUT2D eigenvalue weighted by molar-refractivity contribution is 0.0697. The number of carbonyl (C=O) groups excluding carboxylic acids is 1. The summed E-state index contributed by atoms with van der Waals surface area (Å²) in [6.45, 7) is 13.6. The highest BCUT2D eigenvalue weighted by Gasteiger charge is 2.31. The molecule has 1 aliphatic rings. The molecule has 0 atom stereocenters. The normalized spacial score (nSPS) is 16.7. The Bertz CT molecular complexity index is 1000. The Balaban J connectivity index is 1.67. The van der Waals surface area contributed by atoms with Crippen molar-refractivity contribution in [2.75, 3.05) is 26.2 Å². The highest BCUT2D eigenvalue weighted by Crippen LogP contribution is 2.25. The van der Waals surface area contributed by atoms with E-state index in [1.165, 1.54) is 4.31 Å². The van der Waals surface area contributed by atoms with Crippen LogP contribution in [0.1, 0.15) is 57.5 Å². The summed E-state index contributed by atoms with van der Waals surface area (Å²) in [4.78, 5) is 14.8. The second-order valence-electron chi connectivity index (χ2n) is 9.82. The number of carbonyl (C=O) groups is 1. The van der Waals surface area contributed by atoms with Crippen LogP contribution in [-0.4, -0.2) is 59.5 Å². The van der Waals surface area contributed by atoms with Crippen molar-refractivity contribution in [1.29, 1.82) is 0 Å². The van der Waals surface area contributed by atoms with E-state index in [1.807, 2.05) is 32.9 Å². The van der Waals surface area contributed by atoms with Gasteiger partial charge in [0.05, 0.1) is 22.2 Å². The Morgan fingerprint density at radius 1 is 0.933 bits per heavy atom. The lowest BCUT2D eigenvalue weighted by Crippen LogP contribution is -2.50. The average Bonchev–Trinajstić information content (AvgIpc) is 3.18. The van der Waals surface area contributed by atoms with Gasteiger partial charge in [0.2, 0.25) is 10.0 Å². The van der Waals surface area contributed by atoms with E-state index in [2.05, 4.69) is 25.9 Å². The fourth-order valence-electron chi connectivity index (χ4n) is 3.39. The van der Waals surface area contributed by atoms with Crippen LogP contribution >= 0.6 is 0 Å². The van der Waals surface area contributed by atoms with Crippen LogP contribution < -0.4 is 0 Å². The smallest absolute Gasteiger partial charge is 0.257 e. The lowest BCUT2D eigenvalue weighted by Gasteiger charge is -2.34. The van der Waals surface area contributed by atoms with Gasteiger partial charge in [-0.3, -0.25) is 9.48 Å². The van der Waals surface area contributed by atoms with Crippen LogP contribution in [0.5, 0.6) is 0 Å². The Hall–Kier alpha value is -2.19. The minimum absolute atomic E-state index is 0.0327. The largest absolute Gasteiger partial charge is 0.336 e. The van der Waals surface area contributed by atoms with Crippen LogP contribution in [0.4, 0.5) is 0 Å². The first-order chi connectivity index (χ1) is 13.8. The molecule has 164 valence electrons. The van der Waals surface area contributed by atoms with E-state index < -0.39 is 10.0 Å². The van der Waals surface area contributed by atoms with Crippen molar-refractivity contribution in [3.8, 4) is 0 Å². The summed E-state index contributed by atoms with van der Waals surface area (Å²) in [7, 11) is -3.57. The molecule has 0 unspecified atom stereocenters. The Labute approximate surface area is 179 Å². The van der Waals surface area contributed by atoms with Crippen molar-refractivity contribution in [1.82, 2.24) is 19.0 Å². The fourth-order valence-corrected chi connectivity index (χ4v) is 4.81. The molecule has 0 spiro atoms. The first-order valence-corrected chi connectivity index (χ1v) is 11.7. The maximum atomic E-state index is 13.0. The highest BCUT2D eigenvalue weighted by molar-refractivity contribution is 7.89. The Morgan fingerprint density at radius 3 is 1.97 bits per heavy atom. The number of aromatic nitrogens is 2. The molecular formula is C22H32N4O3S. The molecule has 8 heteroatoms. The highest BCUT2D eigenvalue weighted by atomic mass is 32.2. The molecule has 30 heavy (non-hydrogen) atoms. The van der Waals surface area contributed by atoms with Crippen LogP contribution in [0.25, 0.3) is 0 Å². The zero-order chi connectivity index (χ0) is 22.3. The maximum absolute atomic E-state index is 13.0. The first-order valence-electron chi connectivity index (χ1n) is 10.3. The summed E-state index contributed by atoms with van der Waals surface area (Å²) in [6, 6.07) is 7.10. The lowest BCUT2D eigenvalue weighted by atomic mass is 9.87. The van der Waals surface area contributed by atoms with Gasteiger partial charge < -0.3 is 4.90 Å². The molecule has 0 N–H and O–H groups in total. The molecule has 3 rings (SSSR count). The number of rotatable bonds is 3.